The Morgan fingerprint density at radius 2 is 1.96 bits per heavy atom. The number of nitrogens with zero attached hydrogens (tertiary/aromatic N) is 2. The highest BCUT2D eigenvalue weighted by atomic mass is 16.1. The molecule has 0 fully saturated rings. The van der Waals surface area contributed by atoms with E-state index in [1.807, 2.05) is 42.9 Å². The van der Waals surface area contributed by atoms with Crippen LogP contribution in [-0.2, 0) is 4.79 Å². The molecular formula is C19H22N4O. The highest BCUT2D eigenvalue weighted by Crippen LogP contribution is 2.25. The van der Waals surface area contributed by atoms with Crippen LogP contribution in [0.15, 0.2) is 48.7 Å². The van der Waals surface area contributed by atoms with E-state index in [4.69, 9.17) is 0 Å². The number of fused-ring (bicyclic) bond motifs is 1. The number of rotatable bonds is 5. The third-order valence-electron chi connectivity index (χ3n) is 4.22. The Balaban J connectivity index is 1.96. The molecule has 1 atom stereocenters. The molecule has 24 heavy (non-hydrogen) atoms. The SMILES string of the molecule is CNCC(=O)NC(C)c1cnn(-c2cccc3ccccc23)c1C. The van der Waals surface area contributed by atoms with Crippen molar-refractivity contribution in [3.05, 3.63) is 59.9 Å². The molecule has 0 saturated carbocycles. The van der Waals surface area contributed by atoms with E-state index in [0.29, 0.717) is 6.54 Å². The van der Waals surface area contributed by atoms with Crippen molar-refractivity contribution in [2.45, 2.75) is 19.9 Å². The van der Waals surface area contributed by atoms with Gasteiger partial charge in [-0.25, -0.2) is 4.68 Å². The van der Waals surface area contributed by atoms with Crippen molar-refractivity contribution >= 4 is 16.7 Å². The zero-order chi connectivity index (χ0) is 17.1. The van der Waals surface area contributed by atoms with Gasteiger partial charge in [0.25, 0.3) is 0 Å². The smallest absolute Gasteiger partial charge is 0.234 e. The number of hydrogen-bond acceptors (Lipinski definition) is 3. The van der Waals surface area contributed by atoms with Crippen molar-refractivity contribution in [3.63, 3.8) is 0 Å². The number of benzene rings is 2. The molecule has 1 aromatic heterocycles. The Morgan fingerprint density at radius 3 is 2.75 bits per heavy atom. The predicted octanol–water partition coefficient (Wildman–Crippen LogP) is 2.73. The molecule has 2 aromatic carbocycles. The number of aromatic nitrogens is 2. The standard InChI is InChI=1S/C19H22N4O/c1-13(22-19(24)12-20-3)17-11-21-23(14(17)2)18-10-6-8-15-7-4-5-9-16(15)18/h4-11,13,20H,12H2,1-3H3,(H,22,24). The fraction of sp³-hybridized carbons (Fsp3) is 0.263. The van der Waals surface area contributed by atoms with Gasteiger partial charge >= 0.3 is 0 Å². The molecule has 0 saturated heterocycles. The fourth-order valence-electron chi connectivity index (χ4n) is 3.01. The minimum Gasteiger partial charge on any atom is -0.348 e. The van der Waals surface area contributed by atoms with Crippen molar-refractivity contribution in [2.24, 2.45) is 0 Å². The summed E-state index contributed by atoms with van der Waals surface area (Å²) in [5.74, 6) is -0.0256. The molecule has 1 amide bonds. The summed E-state index contributed by atoms with van der Waals surface area (Å²) in [7, 11) is 1.76. The first kappa shape index (κ1) is 16.2. The van der Waals surface area contributed by atoms with Crippen LogP contribution in [0.4, 0.5) is 0 Å². The first-order chi connectivity index (χ1) is 11.6. The number of amides is 1. The van der Waals surface area contributed by atoms with Crippen LogP contribution in [0.25, 0.3) is 16.5 Å². The van der Waals surface area contributed by atoms with E-state index >= 15 is 0 Å². The molecule has 1 heterocycles. The number of carbonyl (C=O) groups excluding carboxylic acids is 1. The average molecular weight is 322 g/mol. The molecule has 0 aliphatic carbocycles. The maximum Gasteiger partial charge on any atom is 0.234 e. The van der Waals surface area contributed by atoms with E-state index in [1.54, 1.807) is 7.05 Å². The molecule has 3 rings (SSSR count). The first-order valence-electron chi connectivity index (χ1n) is 8.08. The van der Waals surface area contributed by atoms with Gasteiger partial charge < -0.3 is 10.6 Å². The Morgan fingerprint density at radius 1 is 1.21 bits per heavy atom. The number of carbonyl (C=O) groups is 1. The van der Waals surface area contributed by atoms with Gasteiger partial charge in [-0.2, -0.15) is 5.10 Å². The monoisotopic (exact) mass is 322 g/mol. The largest absolute Gasteiger partial charge is 0.348 e. The second-order valence-electron chi connectivity index (χ2n) is 5.91. The quantitative estimate of drug-likeness (QED) is 0.759. The molecule has 0 spiro atoms. The van der Waals surface area contributed by atoms with Gasteiger partial charge in [0.15, 0.2) is 0 Å². The summed E-state index contributed by atoms with van der Waals surface area (Å²) < 4.78 is 1.94. The van der Waals surface area contributed by atoms with Gasteiger partial charge in [0.05, 0.1) is 24.5 Å². The summed E-state index contributed by atoms with van der Waals surface area (Å²) in [6.07, 6.45) is 1.83. The molecule has 0 aliphatic rings. The second kappa shape index (κ2) is 6.84. The number of nitrogens with one attached hydrogen (secondary N) is 2. The molecule has 124 valence electrons. The van der Waals surface area contributed by atoms with E-state index in [-0.39, 0.29) is 11.9 Å². The van der Waals surface area contributed by atoms with E-state index in [0.717, 1.165) is 22.3 Å². The average Bonchev–Trinajstić information content (AvgIpc) is 2.96. The zero-order valence-corrected chi connectivity index (χ0v) is 14.2. The maximum absolute atomic E-state index is 11.8. The third-order valence-corrected chi connectivity index (χ3v) is 4.22. The van der Waals surface area contributed by atoms with Crippen molar-refractivity contribution in [1.82, 2.24) is 20.4 Å². The summed E-state index contributed by atoms with van der Waals surface area (Å²) in [4.78, 5) is 11.8. The molecule has 0 bridgehead atoms. The van der Waals surface area contributed by atoms with Gasteiger partial charge in [-0.3, -0.25) is 4.79 Å². The van der Waals surface area contributed by atoms with Gasteiger partial charge in [0, 0.05) is 16.6 Å². The van der Waals surface area contributed by atoms with Crippen molar-refractivity contribution in [3.8, 4) is 5.69 Å². The van der Waals surface area contributed by atoms with Crippen LogP contribution in [0.5, 0.6) is 0 Å². The van der Waals surface area contributed by atoms with E-state index < -0.39 is 0 Å². The Bertz CT molecular complexity index is 863. The lowest BCUT2D eigenvalue weighted by Gasteiger charge is -2.14. The van der Waals surface area contributed by atoms with Crippen LogP contribution in [0.1, 0.15) is 24.2 Å². The molecule has 0 aliphatic heterocycles. The van der Waals surface area contributed by atoms with Gasteiger partial charge in [-0.05, 0) is 32.3 Å². The molecule has 2 N–H and O–H groups in total. The summed E-state index contributed by atoms with van der Waals surface area (Å²) in [6.45, 7) is 4.32. The summed E-state index contributed by atoms with van der Waals surface area (Å²) in [5.41, 5.74) is 3.10. The summed E-state index contributed by atoms with van der Waals surface area (Å²) in [5, 5.41) is 12.7. The normalized spacial score (nSPS) is 12.3. The van der Waals surface area contributed by atoms with E-state index in [1.165, 1.54) is 5.39 Å². The van der Waals surface area contributed by atoms with Crippen molar-refractivity contribution in [2.75, 3.05) is 13.6 Å². The lowest BCUT2D eigenvalue weighted by Crippen LogP contribution is -2.34. The highest BCUT2D eigenvalue weighted by molar-refractivity contribution is 5.90. The summed E-state index contributed by atoms with van der Waals surface area (Å²) in [6, 6.07) is 14.4. The first-order valence-corrected chi connectivity index (χ1v) is 8.08. The van der Waals surface area contributed by atoms with Gasteiger partial charge in [-0.1, -0.05) is 36.4 Å². The topological polar surface area (TPSA) is 59.0 Å². The zero-order valence-electron chi connectivity index (χ0n) is 14.2. The molecule has 5 nitrogen and oxygen atoms in total. The van der Waals surface area contributed by atoms with Crippen LogP contribution < -0.4 is 10.6 Å². The lowest BCUT2D eigenvalue weighted by atomic mass is 10.1. The molecule has 1 unspecified atom stereocenters. The summed E-state index contributed by atoms with van der Waals surface area (Å²) >= 11 is 0. The maximum atomic E-state index is 11.8. The molecular weight excluding hydrogens is 300 g/mol. The van der Waals surface area contributed by atoms with E-state index in [9.17, 15) is 4.79 Å². The van der Waals surface area contributed by atoms with Gasteiger partial charge in [-0.15, -0.1) is 0 Å². The number of hydrogen-bond donors (Lipinski definition) is 2. The van der Waals surface area contributed by atoms with Crippen LogP contribution in [-0.4, -0.2) is 29.3 Å². The molecule has 0 radical (unpaired) electrons. The van der Waals surface area contributed by atoms with Gasteiger partial charge in [0.1, 0.15) is 0 Å². The van der Waals surface area contributed by atoms with E-state index in [2.05, 4.69) is 40.0 Å². The lowest BCUT2D eigenvalue weighted by molar-refractivity contribution is -0.120. The van der Waals surface area contributed by atoms with Crippen LogP contribution in [0, 0.1) is 6.92 Å². The Hall–Kier alpha value is -2.66. The fourth-order valence-corrected chi connectivity index (χ4v) is 3.01. The second-order valence-corrected chi connectivity index (χ2v) is 5.91. The Labute approximate surface area is 141 Å². The highest BCUT2D eigenvalue weighted by Gasteiger charge is 2.16. The van der Waals surface area contributed by atoms with Crippen LogP contribution >= 0.6 is 0 Å². The minimum absolute atomic E-state index is 0.0256. The van der Waals surface area contributed by atoms with Crippen LogP contribution in [0.3, 0.4) is 0 Å². The van der Waals surface area contributed by atoms with Crippen molar-refractivity contribution in [1.29, 1.82) is 0 Å². The Kier molecular flexibility index (Phi) is 4.62. The number of likely N-dealkylation sites (N-methyl/N-ethyl adjacent to an activating group) is 1. The molecule has 5 heteroatoms. The van der Waals surface area contributed by atoms with Crippen LogP contribution in [0.2, 0.25) is 0 Å². The third kappa shape index (κ3) is 3.03. The predicted molar refractivity (Wildman–Crippen MR) is 96.3 cm³/mol. The van der Waals surface area contributed by atoms with Crippen molar-refractivity contribution < 1.29 is 4.79 Å². The molecule has 3 aromatic rings. The van der Waals surface area contributed by atoms with Gasteiger partial charge in [0.2, 0.25) is 5.91 Å². The minimum atomic E-state index is -0.0884.